The molecule has 0 heterocycles. The summed E-state index contributed by atoms with van der Waals surface area (Å²) >= 11 is 12.1. The van der Waals surface area contributed by atoms with Gasteiger partial charge in [0, 0.05) is 5.02 Å². The maximum absolute atomic E-state index is 13.0. The molecule has 0 saturated carbocycles. The first-order chi connectivity index (χ1) is 11.7. The van der Waals surface area contributed by atoms with E-state index in [1.807, 2.05) is 0 Å². The van der Waals surface area contributed by atoms with Gasteiger partial charge in [0.15, 0.2) is 0 Å². The number of sulfonamides is 1. The molecule has 0 aliphatic rings. The van der Waals surface area contributed by atoms with E-state index in [1.54, 1.807) is 19.1 Å². The van der Waals surface area contributed by atoms with Crippen LogP contribution in [-0.4, -0.2) is 33.1 Å². The van der Waals surface area contributed by atoms with Crippen molar-refractivity contribution in [2.24, 2.45) is 0 Å². The fourth-order valence-electron chi connectivity index (χ4n) is 2.22. The number of carboxylic acid groups (broad SMARTS) is 1. The second-order valence-electron chi connectivity index (χ2n) is 5.09. The molecule has 0 aliphatic carbocycles. The van der Waals surface area contributed by atoms with Crippen molar-refractivity contribution in [2.45, 2.75) is 11.8 Å². The predicted octanol–water partition coefficient (Wildman–Crippen LogP) is 3.59. The number of nitrogens with zero attached hydrogens (tertiary/aromatic N) is 1. The van der Waals surface area contributed by atoms with Gasteiger partial charge >= 0.3 is 5.97 Å². The number of rotatable bonds is 6. The van der Waals surface area contributed by atoms with Crippen LogP contribution in [0.25, 0.3) is 0 Å². The molecule has 9 heteroatoms. The molecule has 0 atom stereocenters. The lowest BCUT2D eigenvalue weighted by Gasteiger charge is -2.25. The quantitative estimate of drug-likeness (QED) is 0.796. The van der Waals surface area contributed by atoms with Crippen LogP contribution >= 0.6 is 23.2 Å². The second-order valence-corrected chi connectivity index (χ2v) is 7.76. The van der Waals surface area contributed by atoms with Crippen LogP contribution in [0.3, 0.4) is 0 Å². The van der Waals surface area contributed by atoms with E-state index in [0.29, 0.717) is 16.3 Å². The van der Waals surface area contributed by atoms with Crippen molar-refractivity contribution >= 4 is 44.9 Å². The van der Waals surface area contributed by atoms with Crippen molar-refractivity contribution in [3.63, 3.8) is 0 Å². The highest BCUT2D eigenvalue weighted by atomic mass is 35.5. The third-order valence-corrected chi connectivity index (χ3v) is 5.96. The van der Waals surface area contributed by atoms with Gasteiger partial charge in [-0.1, -0.05) is 29.3 Å². The number of hydrogen-bond acceptors (Lipinski definition) is 4. The smallest absolute Gasteiger partial charge is 0.324 e. The van der Waals surface area contributed by atoms with Crippen LogP contribution in [0.4, 0.5) is 5.69 Å². The van der Waals surface area contributed by atoms with Crippen LogP contribution in [0.1, 0.15) is 5.56 Å². The van der Waals surface area contributed by atoms with E-state index in [9.17, 15) is 13.2 Å². The number of aliphatic carboxylic acids is 1. The molecular weight excluding hydrogens is 389 g/mol. The van der Waals surface area contributed by atoms with Crippen LogP contribution in [0.2, 0.25) is 10.0 Å². The van der Waals surface area contributed by atoms with Crippen molar-refractivity contribution in [3.8, 4) is 5.75 Å². The molecule has 0 radical (unpaired) electrons. The summed E-state index contributed by atoms with van der Waals surface area (Å²) in [6.45, 7) is 0.857. The minimum atomic E-state index is -4.18. The average Bonchev–Trinajstić information content (AvgIpc) is 2.55. The van der Waals surface area contributed by atoms with Crippen molar-refractivity contribution in [1.29, 1.82) is 0 Å². The van der Waals surface area contributed by atoms with Gasteiger partial charge < -0.3 is 9.84 Å². The van der Waals surface area contributed by atoms with Crippen molar-refractivity contribution in [1.82, 2.24) is 0 Å². The molecule has 0 fully saturated rings. The van der Waals surface area contributed by atoms with E-state index in [1.165, 1.54) is 31.4 Å². The molecule has 0 saturated heterocycles. The SMILES string of the molecule is COc1ccc(S(=O)(=O)N(CC(=O)O)c2cccc(Cl)c2C)cc1Cl. The van der Waals surface area contributed by atoms with Gasteiger partial charge in [0.1, 0.15) is 12.3 Å². The summed E-state index contributed by atoms with van der Waals surface area (Å²) in [5, 5.41) is 9.60. The van der Waals surface area contributed by atoms with E-state index in [0.717, 1.165) is 4.31 Å². The van der Waals surface area contributed by atoms with Crippen LogP contribution in [0.15, 0.2) is 41.3 Å². The Morgan fingerprint density at radius 3 is 2.44 bits per heavy atom. The number of anilines is 1. The molecule has 2 rings (SSSR count). The highest BCUT2D eigenvalue weighted by molar-refractivity contribution is 7.92. The van der Waals surface area contributed by atoms with E-state index >= 15 is 0 Å². The van der Waals surface area contributed by atoms with Crippen LogP contribution in [0, 0.1) is 6.92 Å². The molecule has 1 N–H and O–H groups in total. The Morgan fingerprint density at radius 1 is 1.20 bits per heavy atom. The van der Waals surface area contributed by atoms with Gasteiger partial charge in [0.2, 0.25) is 0 Å². The number of hydrogen-bond donors (Lipinski definition) is 1. The number of carboxylic acids is 1. The van der Waals surface area contributed by atoms with Crippen molar-refractivity contribution in [3.05, 3.63) is 52.0 Å². The fraction of sp³-hybridized carbons (Fsp3) is 0.188. The number of methoxy groups -OCH3 is 1. The summed E-state index contributed by atoms with van der Waals surface area (Å²) in [6, 6.07) is 8.55. The fourth-order valence-corrected chi connectivity index (χ4v) is 4.21. The van der Waals surface area contributed by atoms with Gasteiger partial charge in [-0.2, -0.15) is 0 Å². The summed E-state index contributed by atoms with van der Waals surface area (Å²) in [4.78, 5) is 11.1. The highest BCUT2D eigenvalue weighted by Crippen LogP contribution is 2.33. The summed E-state index contributed by atoms with van der Waals surface area (Å²) in [6.07, 6.45) is 0. The Labute approximate surface area is 155 Å². The maximum Gasteiger partial charge on any atom is 0.324 e. The lowest BCUT2D eigenvalue weighted by atomic mass is 10.2. The zero-order valence-electron chi connectivity index (χ0n) is 13.4. The molecule has 0 aromatic heterocycles. The summed E-state index contributed by atoms with van der Waals surface area (Å²) in [5.41, 5.74) is 0.635. The number of ether oxygens (including phenoxy) is 1. The van der Waals surface area contributed by atoms with Gasteiger partial charge in [-0.05, 0) is 42.8 Å². The molecule has 0 bridgehead atoms. The standard InChI is InChI=1S/C16H15Cl2NO5S/c1-10-12(17)4-3-5-14(10)19(9-16(20)21)25(22,23)11-6-7-15(24-2)13(18)8-11/h3-8H,9H2,1-2H3,(H,20,21). The third-order valence-electron chi connectivity index (χ3n) is 3.50. The van der Waals surface area contributed by atoms with E-state index in [4.69, 9.17) is 33.0 Å². The first-order valence-corrected chi connectivity index (χ1v) is 9.21. The van der Waals surface area contributed by atoms with Crippen molar-refractivity contribution < 1.29 is 23.1 Å². The Kier molecular flexibility index (Phi) is 5.82. The second kappa shape index (κ2) is 7.51. The molecular formula is C16H15Cl2NO5S. The Bertz CT molecular complexity index is 915. The summed E-state index contributed by atoms with van der Waals surface area (Å²) in [7, 11) is -2.78. The highest BCUT2D eigenvalue weighted by Gasteiger charge is 2.29. The number of benzene rings is 2. The van der Waals surface area contributed by atoms with Gasteiger partial charge in [-0.3, -0.25) is 9.10 Å². The predicted molar refractivity (Wildman–Crippen MR) is 96.4 cm³/mol. The minimum absolute atomic E-state index is 0.0988. The Morgan fingerprint density at radius 2 is 1.88 bits per heavy atom. The third kappa shape index (κ3) is 4.00. The Balaban J connectivity index is 2.62. The molecule has 0 amide bonds. The average molecular weight is 404 g/mol. The molecule has 0 spiro atoms. The zero-order chi connectivity index (χ0) is 18.8. The van der Waals surface area contributed by atoms with Crippen LogP contribution < -0.4 is 9.04 Å². The topological polar surface area (TPSA) is 83.9 Å². The van der Waals surface area contributed by atoms with E-state index in [2.05, 4.69) is 0 Å². The lowest BCUT2D eigenvalue weighted by molar-refractivity contribution is -0.135. The normalized spacial score (nSPS) is 11.2. The molecule has 0 unspecified atom stereocenters. The number of halogens is 2. The van der Waals surface area contributed by atoms with Gasteiger partial charge in [-0.25, -0.2) is 8.42 Å². The van der Waals surface area contributed by atoms with Gasteiger partial charge in [0.25, 0.3) is 10.0 Å². The van der Waals surface area contributed by atoms with E-state index < -0.39 is 22.5 Å². The van der Waals surface area contributed by atoms with Gasteiger partial charge in [-0.15, -0.1) is 0 Å². The molecule has 134 valence electrons. The minimum Gasteiger partial charge on any atom is -0.495 e. The van der Waals surface area contributed by atoms with Crippen LogP contribution in [0.5, 0.6) is 5.75 Å². The summed E-state index contributed by atoms with van der Waals surface area (Å²) < 4.78 is 31.8. The molecule has 2 aromatic rings. The van der Waals surface area contributed by atoms with Crippen LogP contribution in [-0.2, 0) is 14.8 Å². The van der Waals surface area contributed by atoms with Gasteiger partial charge in [0.05, 0.1) is 22.7 Å². The monoisotopic (exact) mass is 403 g/mol. The zero-order valence-corrected chi connectivity index (χ0v) is 15.7. The molecule has 2 aromatic carbocycles. The maximum atomic E-state index is 13.0. The first kappa shape index (κ1) is 19.4. The molecule has 0 aliphatic heterocycles. The Hall–Kier alpha value is -1.96. The first-order valence-electron chi connectivity index (χ1n) is 7.01. The molecule has 6 nitrogen and oxygen atoms in total. The van der Waals surface area contributed by atoms with Crippen molar-refractivity contribution in [2.75, 3.05) is 18.0 Å². The molecule has 25 heavy (non-hydrogen) atoms. The lowest BCUT2D eigenvalue weighted by Crippen LogP contribution is -2.36. The van der Waals surface area contributed by atoms with E-state index in [-0.39, 0.29) is 15.6 Å². The number of carbonyl (C=O) groups is 1. The largest absolute Gasteiger partial charge is 0.495 e. The summed E-state index contributed by atoms with van der Waals surface area (Å²) in [5.74, 6) is -0.994.